The lowest BCUT2D eigenvalue weighted by Gasteiger charge is -2.25. The third kappa shape index (κ3) is 4.34. The minimum Gasteiger partial charge on any atom is -0.487 e. The van der Waals surface area contributed by atoms with Crippen molar-refractivity contribution in [3.05, 3.63) is 58.8 Å². The highest BCUT2D eigenvalue weighted by molar-refractivity contribution is 6.12. The Balaban J connectivity index is 1.90. The van der Waals surface area contributed by atoms with Crippen molar-refractivity contribution in [3.8, 4) is 5.75 Å². The number of ether oxygens (including phenoxy) is 3. The van der Waals surface area contributed by atoms with Gasteiger partial charge in [0.25, 0.3) is 0 Å². The molecule has 1 aliphatic heterocycles. The topological polar surface area (TPSA) is 80.9 Å². The standard InChI is InChI=1S/C27H32N2O5/c1-7-18-14-29(26(31)34-27(3,4)5)19-13-20(33-15-17-11-9-8-10-12-17)24-23(22(18)19)21(16(2)28-24)25(30)32-6/h8-13,18,28H,7,14-15H2,1-6H3/t18-/m1/s1. The molecule has 0 saturated heterocycles. The van der Waals surface area contributed by atoms with E-state index >= 15 is 0 Å². The van der Waals surface area contributed by atoms with Gasteiger partial charge in [0.2, 0.25) is 0 Å². The molecule has 1 amide bonds. The molecular formula is C27H32N2O5. The summed E-state index contributed by atoms with van der Waals surface area (Å²) in [7, 11) is 1.38. The summed E-state index contributed by atoms with van der Waals surface area (Å²) in [5.41, 5.74) is 3.95. The Hall–Kier alpha value is -3.48. The maximum atomic E-state index is 13.2. The van der Waals surface area contributed by atoms with Crippen molar-refractivity contribution in [2.24, 2.45) is 0 Å². The number of rotatable bonds is 5. The zero-order valence-corrected chi connectivity index (χ0v) is 20.7. The number of fused-ring (bicyclic) bond motifs is 3. The van der Waals surface area contributed by atoms with Crippen molar-refractivity contribution in [2.45, 2.75) is 59.2 Å². The van der Waals surface area contributed by atoms with Crippen molar-refractivity contribution in [3.63, 3.8) is 0 Å². The number of H-pyrrole nitrogens is 1. The monoisotopic (exact) mass is 464 g/mol. The second-order valence-corrected chi connectivity index (χ2v) is 9.64. The van der Waals surface area contributed by atoms with E-state index < -0.39 is 17.7 Å². The number of aryl methyl sites for hydroxylation is 1. The minimum atomic E-state index is -0.625. The van der Waals surface area contributed by atoms with Crippen LogP contribution in [-0.4, -0.2) is 36.3 Å². The second kappa shape index (κ2) is 9.05. The van der Waals surface area contributed by atoms with Gasteiger partial charge in [-0.3, -0.25) is 4.90 Å². The maximum absolute atomic E-state index is 13.2. The Labute approximate surface area is 200 Å². The molecule has 34 heavy (non-hydrogen) atoms. The number of nitrogens with zero attached hydrogens (tertiary/aromatic N) is 1. The molecule has 0 aliphatic carbocycles. The van der Waals surface area contributed by atoms with E-state index in [0.717, 1.165) is 28.5 Å². The molecule has 1 N–H and O–H groups in total. The lowest BCUT2D eigenvalue weighted by atomic mass is 9.93. The Morgan fingerprint density at radius 2 is 1.88 bits per heavy atom. The number of esters is 1. The van der Waals surface area contributed by atoms with Crippen molar-refractivity contribution in [1.82, 2.24) is 4.98 Å². The molecule has 180 valence electrons. The molecule has 2 heterocycles. The largest absolute Gasteiger partial charge is 0.487 e. The van der Waals surface area contributed by atoms with E-state index in [1.165, 1.54) is 7.11 Å². The first-order valence-corrected chi connectivity index (χ1v) is 11.6. The van der Waals surface area contributed by atoms with Crippen LogP contribution in [0.5, 0.6) is 5.75 Å². The average molecular weight is 465 g/mol. The molecule has 0 radical (unpaired) electrons. The number of anilines is 1. The van der Waals surface area contributed by atoms with Gasteiger partial charge >= 0.3 is 12.1 Å². The van der Waals surface area contributed by atoms with Gasteiger partial charge in [-0.2, -0.15) is 0 Å². The van der Waals surface area contributed by atoms with Gasteiger partial charge in [0.15, 0.2) is 0 Å². The fourth-order valence-corrected chi connectivity index (χ4v) is 4.56. The Morgan fingerprint density at radius 1 is 1.18 bits per heavy atom. The fourth-order valence-electron chi connectivity index (χ4n) is 4.56. The minimum absolute atomic E-state index is 0.0480. The summed E-state index contributed by atoms with van der Waals surface area (Å²) >= 11 is 0. The first-order chi connectivity index (χ1) is 16.1. The summed E-state index contributed by atoms with van der Waals surface area (Å²) in [6.45, 7) is 10.3. The van der Waals surface area contributed by atoms with E-state index in [-0.39, 0.29) is 5.92 Å². The van der Waals surface area contributed by atoms with Crippen molar-refractivity contribution >= 4 is 28.7 Å². The molecule has 0 saturated carbocycles. The van der Waals surface area contributed by atoms with Crippen LogP contribution >= 0.6 is 0 Å². The van der Waals surface area contributed by atoms with Crippen LogP contribution in [0.4, 0.5) is 10.5 Å². The predicted octanol–water partition coefficient (Wildman–Crippen LogP) is 6.09. The lowest BCUT2D eigenvalue weighted by Crippen LogP contribution is -2.36. The van der Waals surface area contributed by atoms with Crippen LogP contribution in [0.15, 0.2) is 36.4 Å². The Morgan fingerprint density at radius 3 is 2.50 bits per heavy atom. The summed E-state index contributed by atoms with van der Waals surface area (Å²) in [6, 6.07) is 11.7. The number of carbonyl (C=O) groups is 2. The number of carbonyl (C=O) groups excluding carboxylic acids is 2. The highest BCUT2D eigenvalue weighted by Crippen LogP contribution is 2.48. The predicted molar refractivity (Wildman–Crippen MR) is 132 cm³/mol. The Bertz CT molecular complexity index is 1220. The summed E-state index contributed by atoms with van der Waals surface area (Å²) in [4.78, 5) is 31.0. The summed E-state index contributed by atoms with van der Waals surface area (Å²) in [6.07, 6.45) is 0.390. The lowest BCUT2D eigenvalue weighted by molar-refractivity contribution is 0.0578. The molecule has 1 aliphatic rings. The van der Waals surface area contributed by atoms with Crippen LogP contribution in [0.2, 0.25) is 0 Å². The third-order valence-corrected chi connectivity index (χ3v) is 6.08. The zero-order valence-electron chi connectivity index (χ0n) is 20.7. The van der Waals surface area contributed by atoms with Gasteiger partial charge < -0.3 is 19.2 Å². The SMILES string of the molecule is CC[C@@H]1CN(C(=O)OC(C)(C)C)c2cc(OCc3ccccc3)c3[nH]c(C)c(C(=O)OC)c3c21. The van der Waals surface area contributed by atoms with Crippen LogP contribution < -0.4 is 9.64 Å². The van der Waals surface area contributed by atoms with Crippen LogP contribution in [0.1, 0.15) is 67.2 Å². The van der Waals surface area contributed by atoms with Crippen LogP contribution in [0.3, 0.4) is 0 Å². The molecule has 1 atom stereocenters. The normalized spacial score (nSPS) is 15.4. The molecule has 0 fully saturated rings. The smallest absolute Gasteiger partial charge is 0.414 e. The van der Waals surface area contributed by atoms with E-state index in [0.29, 0.717) is 35.8 Å². The summed E-state index contributed by atoms with van der Waals surface area (Å²) < 4.78 is 17.1. The van der Waals surface area contributed by atoms with Crippen molar-refractivity contribution in [1.29, 1.82) is 0 Å². The van der Waals surface area contributed by atoms with Crippen LogP contribution in [-0.2, 0) is 16.1 Å². The zero-order chi connectivity index (χ0) is 24.6. The summed E-state index contributed by atoms with van der Waals surface area (Å²) in [5.74, 6) is 0.199. The van der Waals surface area contributed by atoms with Gasteiger partial charge in [0, 0.05) is 29.6 Å². The van der Waals surface area contributed by atoms with Crippen LogP contribution in [0, 0.1) is 6.92 Å². The molecule has 3 aromatic rings. The van der Waals surface area contributed by atoms with Gasteiger partial charge in [0.05, 0.1) is 23.9 Å². The second-order valence-electron chi connectivity index (χ2n) is 9.64. The highest BCUT2D eigenvalue weighted by Gasteiger charge is 2.38. The first kappa shape index (κ1) is 23.7. The van der Waals surface area contributed by atoms with Gasteiger partial charge in [0.1, 0.15) is 18.0 Å². The third-order valence-electron chi connectivity index (χ3n) is 6.08. The first-order valence-electron chi connectivity index (χ1n) is 11.6. The molecule has 7 nitrogen and oxygen atoms in total. The number of hydrogen-bond donors (Lipinski definition) is 1. The van der Waals surface area contributed by atoms with E-state index in [2.05, 4.69) is 11.9 Å². The number of benzene rings is 2. The number of methoxy groups -OCH3 is 1. The quantitative estimate of drug-likeness (QED) is 0.462. The highest BCUT2D eigenvalue weighted by atomic mass is 16.6. The molecular weight excluding hydrogens is 432 g/mol. The van der Waals surface area contributed by atoms with E-state index in [1.807, 2.05) is 64.1 Å². The van der Waals surface area contributed by atoms with Crippen molar-refractivity contribution < 1.29 is 23.8 Å². The number of nitrogens with one attached hydrogen (secondary N) is 1. The molecule has 0 bridgehead atoms. The molecule has 0 unspecified atom stereocenters. The summed E-state index contributed by atoms with van der Waals surface area (Å²) in [5, 5.41) is 0.753. The van der Waals surface area contributed by atoms with Gasteiger partial charge in [-0.25, -0.2) is 9.59 Å². The maximum Gasteiger partial charge on any atom is 0.414 e. The molecule has 4 rings (SSSR count). The molecule has 0 spiro atoms. The van der Waals surface area contributed by atoms with E-state index in [4.69, 9.17) is 14.2 Å². The van der Waals surface area contributed by atoms with E-state index in [1.54, 1.807) is 4.90 Å². The molecule has 2 aromatic carbocycles. The van der Waals surface area contributed by atoms with Crippen molar-refractivity contribution in [2.75, 3.05) is 18.6 Å². The number of aromatic nitrogens is 1. The number of hydrogen-bond acceptors (Lipinski definition) is 5. The molecule has 1 aromatic heterocycles. The van der Waals surface area contributed by atoms with Gasteiger partial charge in [-0.15, -0.1) is 0 Å². The van der Waals surface area contributed by atoms with Gasteiger partial charge in [-0.1, -0.05) is 37.3 Å². The number of amides is 1. The number of aromatic amines is 1. The van der Waals surface area contributed by atoms with E-state index in [9.17, 15) is 9.59 Å². The van der Waals surface area contributed by atoms with Crippen LogP contribution in [0.25, 0.3) is 10.9 Å². The fraction of sp³-hybridized carbons (Fsp3) is 0.407. The Kier molecular flexibility index (Phi) is 6.30. The average Bonchev–Trinajstić information content (AvgIpc) is 3.33. The molecule has 7 heteroatoms. The van der Waals surface area contributed by atoms with Gasteiger partial charge in [-0.05, 0) is 45.2 Å².